The number of carbonyl (C=O) groups is 1. The Bertz CT molecular complexity index is 628. The van der Waals surface area contributed by atoms with Crippen molar-refractivity contribution in [3.05, 3.63) is 65.5 Å². The van der Waals surface area contributed by atoms with Crippen molar-refractivity contribution in [3.8, 4) is 5.75 Å². The van der Waals surface area contributed by atoms with Crippen LogP contribution >= 0.6 is 0 Å². The fraction of sp³-hybridized carbons (Fsp3) is 0.235. The predicted molar refractivity (Wildman–Crippen MR) is 79.7 cm³/mol. The normalized spacial score (nSPS) is 11.8. The highest BCUT2D eigenvalue weighted by Crippen LogP contribution is 2.19. The van der Waals surface area contributed by atoms with Crippen LogP contribution in [-0.2, 0) is 11.2 Å². The third-order valence-corrected chi connectivity index (χ3v) is 3.28. The number of benzene rings is 2. The van der Waals surface area contributed by atoms with E-state index < -0.39 is 0 Å². The third kappa shape index (κ3) is 4.05. The average molecular weight is 287 g/mol. The topological polar surface area (TPSA) is 38.3 Å². The van der Waals surface area contributed by atoms with E-state index in [2.05, 4.69) is 5.32 Å². The summed E-state index contributed by atoms with van der Waals surface area (Å²) in [6.45, 7) is 1.88. The summed E-state index contributed by atoms with van der Waals surface area (Å²) < 4.78 is 18.7. The van der Waals surface area contributed by atoms with Gasteiger partial charge in [-0.25, -0.2) is 4.39 Å². The molecule has 0 unspecified atom stereocenters. The lowest BCUT2D eigenvalue weighted by Crippen LogP contribution is -2.28. The van der Waals surface area contributed by atoms with Gasteiger partial charge in [0, 0.05) is 0 Å². The molecule has 3 nitrogen and oxygen atoms in total. The van der Waals surface area contributed by atoms with Crippen LogP contribution in [0.15, 0.2) is 48.5 Å². The number of nitrogens with one attached hydrogen (secondary N) is 1. The average Bonchev–Trinajstić information content (AvgIpc) is 2.49. The number of methoxy groups -OCH3 is 1. The third-order valence-electron chi connectivity index (χ3n) is 3.28. The van der Waals surface area contributed by atoms with Crippen molar-refractivity contribution in [2.24, 2.45) is 0 Å². The second-order valence-corrected chi connectivity index (χ2v) is 4.83. The molecule has 2 aromatic carbocycles. The Morgan fingerprint density at radius 3 is 2.71 bits per heavy atom. The van der Waals surface area contributed by atoms with Crippen LogP contribution in [0.25, 0.3) is 0 Å². The van der Waals surface area contributed by atoms with Crippen LogP contribution in [0.5, 0.6) is 5.75 Å². The van der Waals surface area contributed by atoms with E-state index in [1.54, 1.807) is 25.3 Å². The van der Waals surface area contributed by atoms with Crippen molar-refractivity contribution in [3.63, 3.8) is 0 Å². The molecular weight excluding hydrogens is 269 g/mol. The lowest BCUT2D eigenvalue weighted by Gasteiger charge is -2.15. The number of ether oxygens (including phenoxy) is 1. The van der Waals surface area contributed by atoms with Crippen LogP contribution < -0.4 is 10.1 Å². The quantitative estimate of drug-likeness (QED) is 0.916. The second-order valence-electron chi connectivity index (χ2n) is 4.83. The first-order valence-electron chi connectivity index (χ1n) is 6.77. The van der Waals surface area contributed by atoms with E-state index in [-0.39, 0.29) is 24.2 Å². The summed E-state index contributed by atoms with van der Waals surface area (Å²) in [5.41, 5.74) is 1.34. The predicted octanol–water partition coefficient (Wildman–Crippen LogP) is 3.25. The zero-order chi connectivity index (χ0) is 15.2. The van der Waals surface area contributed by atoms with Gasteiger partial charge >= 0.3 is 0 Å². The summed E-state index contributed by atoms with van der Waals surface area (Å²) in [6.07, 6.45) is 0.0288. The van der Waals surface area contributed by atoms with E-state index >= 15 is 0 Å². The molecular formula is C17H18FNO2. The number of rotatable bonds is 5. The Morgan fingerprint density at radius 2 is 2.00 bits per heavy atom. The second kappa shape index (κ2) is 6.88. The molecule has 4 heteroatoms. The summed E-state index contributed by atoms with van der Waals surface area (Å²) >= 11 is 0. The van der Waals surface area contributed by atoms with Crippen molar-refractivity contribution in [1.82, 2.24) is 5.32 Å². The molecule has 0 spiro atoms. The lowest BCUT2D eigenvalue weighted by molar-refractivity contribution is -0.121. The van der Waals surface area contributed by atoms with E-state index in [9.17, 15) is 9.18 Å². The van der Waals surface area contributed by atoms with E-state index in [1.165, 1.54) is 6.07 Å². The van der Waals surface area contributed by atoms with Gasteiger partial charge in [0.25, 0.3) is 0 Å². The van der Waals surface area contributed by atoms with Gasteiger partial charge in [0.15, 0.2) is 0 Å². The number of hydrogen-bond acceptors (Lipinski definition) is 2. The molecule has 0 aromatic heterocycles. The van der Waals surface area contributed by atoms with Gasteiger partial charge in [0.1, 0.15) is 11.6 Å². The molecule has 110 valence electrons. The highest BCUT2D eigenvalue weighted by molar-refractivity contribution is 5.79. The highest BCUT2D eigenvalue weighted by Gasteiger charge is 2.12. The van der Waals surface area contributed by atoms with Gasteiger partial charge in [0.2, 0.25) is 5.91 Å². The minimum Gasteiger partial charge on any atom is -0.497 e. The number of halogens is 1. The zero-order valence-corrected chi connectivity index (χ0v) is 12.1. The van der Waals surface area contributed by atoms with Crippen LogP contribution in [-0.4, -0.2) is 13.0 Å². The van der Waals surface area contributed by atoms with Crippen molar-refractivity contribution < 1.29 is 13.9 Å². The Balaban J connectivity index is 2.00. The van der Waals surface area contributed by atoms with Crippen molar-refractivity contribution in [1.29, 1.82) is 0 Å². The zero-order valence-electron chi connectivity index (χ0n) is 12.1. The molecule has 0 heterocycles. The van der Waals surface area contributed by atoms with Crippen molar-refractivity contribution in [2.75, 3.05) is 7.11 Å². The number of amides is 1. The minimum atomic E-state index is -0.360. The Morgan fingerprint density at radius 1 is 1.24 bits per heavy atom. The van der Waals surface area contributed by atoms with E-state index in [0.29, 0.717) is 5.56 Å². The van der Waals surface area contributed by atoms with Crippen LogP contribution in [0.3, 0.4) is 0 Å². The highest BCUT2D eigenvalue weighted by atomic mass is 19.1. The summed E-state index contributed by atoms with van der Waals surface area (Å²) in [4.78, 5) is 12.0. The lowest BCUT2D eigenvalue weighted by atomic mass is 10.1. The molecule has 2 rings (SSSR count). The Kier molecular flexibility index (Phi) is 4.93. The Hall–Kier alpha value is -2.36. The molecule has 0 aliphatic rings. The van der Waals surface area contributed by atoms with Gasteiger partial charge in [-0.1, -0.05) is 30.3 Å². The van der Waals surface area contributed by atoms with Crippen LogP contribution in [0.1, 0.15) is 24.1 Å². The summed E-state index contributed by atoms with van der Waals surface area (Å²) in [6, 6.07) is 13.6. The molecule has 0 fully saturated rings. The summed E-state index contributed by atoms with van der Waals surface area (Å²) in [5, 5.41) is 2.86. The maximum atomic E-state index is 13.5. The van der Waals surface area contributed by atoms with E-state index in [1.807, 2.05) is 31.2 Å². The molecule has 2 aromatic rings. The van der Waals surface area contributed by atoms with Gasteiger partial charge in [-0.3, -0.25) is 4.79 Å². The molecule has 0 radical (unpaired) electrons. The van der Waals surface area contributed by atoms with Gasteiger partial charge in [-0.05, 0) is 36.2 Å². The molecule has 1 atom stereocenters. The molecule has 1 N–H and O–H groups in total. The van der Waals surface area contributed by atoms with Crippen LogP contribution in [0.2, 0.25) is 0 Å². The first-order chi connectivity index (χ1) is 10.1. The molecule has 0 bridgehead atoms. The van der Waals surface area contributed by atoms with E-state index in [4.69, 9.17) is 4.74 Å². The standard InChI is InChI=1S/C17H18FNO2/c1-12(13-7-5-8-15(10-13)21-2)19-17(20)11-14-6-3-4-9-16(14)18/h3-10,12H,11H2,1-2H3,(H,19,20)/t12-/m0/s1. The Labute approximate surface area is 123 Å². The van der Waals surface area contributed by atoms with Gasteiger partial charge in [-0.15, -0.1) is 0 Å². The molecule has 0 aliphatic carbocycles. The van der Waals surface area contributed by atoms with Crippen LogP contribution in [0, 0.1) is 5.82 Å². The molecule has 0 aliphatic heterocycles. The largest absolute Gasteiger partial charge is 0.497 e. The fourth-order valence-electron chi connectivity index (χ4n) is 2.10. The van der Waals surface area contributed by atoms with Gasteiger partial charge < -0.3 is 10.1 Å². The first-order valence-corrected chi connectivity index (χ1v) is 6.77. The summed E-state index contributed by atoms with van der Waals surface area (Å²) in [7, 11) is 1.60. The van der Waals surface area contributed by atoms with Crippen molar-refractivity contribution >= 4 is 5.91 Å². The molecule has 0 saturated heterocycles. The maximum absolute atomic E-state index is 13.5. The molecule has 1 amide bonds. The molecule has 21 heavy (non-hydrogen) atoms. The first kappa shape index (κ1) is 15.0. The number of carbonyl (C=O) groups excluding carboxylic acids is 1. The van der Waals surface area contributed by atoms with E-state index in [0.717, 1.165) is 11.3 Å². The molecule has 0 saturated carbocycles. The summed E-state index contributed by atoms with van der Waals surface area (Å²) in [5.74, 6) is 0.166. The van der Waals surface area contributed by atoms with Crippen LogP contribution in [0.4, 0.5) is 4.39 Å². The fourth-order valence-corrected chi connectivity index (χ4v) is 2.10. The SMILES string of the molecule is COc1cccc([C@H](C)NC(=O)Cc2ccccc2F)c1. The number of hydrogen-bond donors (Lipinski definition) is 1. The minimum absolute atomic E-state index is 0.0288. The monoisotopic (exact) mass is 287 g/mol. The van der Waals surface area contributed by atoms with Gasteiger partial charge in [0.05, 0.1) is 19.6 Å². The maximum Gasteiger partial charge on any atom is 0.225 e. The smallest absolute Gasteiger partial charge is 0.225 e. The van der Waals surface area contributed by atoms with Gasteiger partial charge in [-0.2, -0.15) is 0 Å². The van der Waals surface area contributed by atoms with Crippen molar-refractivity contribution in [2.45, 2.75) is 19.4 Å².